The maximum absolute atomic E-state index is 15.5. The lowest BCUT2D eigenvalue weighted by atomic mass is 9.77. The highest BCUT2D eigenvalue weighted by atomic mass is 19.4. The van der Waals surface area contributed by atoms with Crippen molar-refractivity contribution >= 4 is 10.8 Å². The molecule has 0 bridgehead atoms. The zero-order valence-corrected chi connectivity index (χ0v) is 23.3. The van der Waals surface area contributed by atoms with E-state index in [0.717, 1.165) is 49.9 Å². The summed E-state index contributed by atoms with van der Waals surface area (Å²) in [6.45, 7) is 2.09. The summed E-state index contributed by atoms with van der Waals surface area (Å²) in [4.78, 5) is 0. The van der Waals surface area contributed by atoms with E-state index in [-0.39, 0.29) is 28.0 Å². The van der Waals surface area contributed by atoms with Crippen molar-refractivity contribution in [2.45, 2.75) is 63.7 Å². The number of hydrogen-bond acceptors (Lipinski definition) is 1. The van der Waals surface area contributed by atoms with E-state index >= 15 is 22.0 Å². The number of rotatable bonds is 7. The molecule has 0 aromatic heterocycles. The Kier molecular flexibility index (Phi) is 8.61. The molecule has 1 aliphatic rings. The summed E-state index contributed by atoms with van der Waals surface area (Å²) >= 11 is 0. The van der Waals surface area contributed by atoms with E-state index in [1.807, 2.05) is 0 Å². The van der Waals surface area contributed by atoms with Crippen LogP contribution in [-0.2, 0) is 12.3 Å². The van der Waals surface area contributed by atoms with E-state index in [0.29, 0.717) is 37.0 Å². The molecule has 0 amide bonds. The minimum absolute atomic E-state index is 0.0414. The van der Waals surface area contributed by atoms with Crippen LogP contribution in [-0.4, -0.2) is 0 Å². The van der Waals surface area contributed by atoms with Gasteiger partial charge in [0.15, 0.2) is 11.6 Å². The Labute approximate surface area is 246 Å². The molecule has 0 aliphatic heterocycles. The minimum atomic E-state index is -5.27. The fourth-order valence-corrected chi connectivity index (χ4v) is 6.02. The molecule has 0 atom stereocenters. The predicted octanol–water partition coefficient (Wildman–Crippen LogP) is 11.4. The van der Waals surface area contributed by atoms with Crippen LogP contribution in [0.15, 0.2) is 54.6 Å². The van der Waals surface area contributed by atoms with Crippen LogP contribution in [0.25, 0.3) is 21.9 Å². The number of benzene rings is 4. The van der Waals surface area contributed by atoms with Crippen LogP contribution >= 0.6 is 0 Å². The van der Waals surface area contributed by atoms with Crippen molar-refractivity contribution in [3.8, 4) is 16.9 Å². The summed E-state index contributed by atoms with van der Waals surface area (Å²) in [5, 5.41) is -1.01. The Bertz CT molecular complexity index is 1650. The van der Waals surface area contributed by atoms with Gasteiger partial charge in [-0.25, -0.2) is 22.0 Å². The Hall–Kier alpha value is -3.76. The fraction of sp³-hybridized carbons (Fsp3) is 0.333. The third-order valence-corrected chi connectivity index (χ3v) is 8.21. The van der Waals surface area contributed by atoms with Gasteiger partial charge in [0.2, 0.25) is 0 Å². The first-order chi connectivity index (χ1) is 20.7. The van der Waals surface area contributed by atoms with Crippen LogP contribution in [0.4, 0.5) is 43.9 Å². The Morgan fingerprint density at radius 3 is 1.89 bits per heavy atom. The monoisotopic (exact) mass is 628 g/mol. The molecule has 0 unspecified atom stereocenters. The lowest BCUT2D eigenvalue weighted by molar-refractivity contribution is -0.187. The van der Waals surface area contributed by atoms with Gasteiger partial charge in [-0.2, -0.15) is 22.0 Å². The van der Waals surface area contributed by atoms with E-state index in [4.69, 9.17) is 0 Å². The van der Waals surface area contributed by atoms with Gasteiger partial charge in [-0.05, 0) is 89.9 Å². The topological polar surface area (TPSA) is 9.23 Å². The molecular weight excluding hydrogens is 602 g/mol. The standard InChI is InChI=1S/C33H26F10O/c1-2-3-17-4-6-19(7-5-17)23-13-10-20-14-24(30(37)31(38)27(20)29(23)36)33(42,43)44-22-11-8-18(9-12-22)21-15-25(34)28(26(35)16-21)32(39,40)41/h8-17,19H,2-7H2,1H3. The second kappa shape index (κ2) is 12.0. The third-order valence-electron chi connectivity index (χ3n) is 8.21. The highest BCUT2D eigenvalue weighted by Gasteiger charge is 2.41. The van der Waals surface area contributed by atoms with Gasteiger partial charge in [0, 0.05) is 0 Å². The van der Waals surface area contributed by atoms with Gasteiger partial charge in [-0.3, -0.25) is 0 Å². The van der Waals surface area contributed by atoms with Crippen LogP contribution in [0, 0.1) is 35.0 Å². The summed E-state index contributed by atoms with van der Waals surface area (Å²) in [6.07, 6.45) is -4.48. The van der Waals surface area contributed by atoms with Crippen molar-refractivity contribution in [1.29, 1.82) is 0 Å². The van der Waals surface area contributed by atoms with Gasteiger partial charge in [0.25, 0.3) is 0 Å². The Morgan fingerprint density at radius 1 is 0.705 bits per heavy atom. The van der Waals surface area contributed by atoms with Crippen molar-refractivity contribution in [3.63, 3.8) is 0 Å². The van der Waals surface area contributed by atoms with Crippen LogP contribution in [0.2, 0.25) is 0 Å². The van der Waals surface area contributed by atoms with Crippen molar-refractivity contribution in [3.05, 3.63) is 100 Å². The lowest BCUT2D eigenvalue weighted by Gasteiger charge is -2.29. The molecule has 1 nitrogen and oxygen atoms in total. The number of alkyl halides is 5. The maximum atomic E-state index is 15.5. The molecule has 11 heteroatoms. The van der Waals surface area contributed by atoms with E-state index in [1.54, 1.807) is 0 Å². The van der Waals surface area contributed by atoms with Gasteiger partial charge in [0.1, 0.15) is 34.3 Å². The summed E-state index contributed by atoms with van der Waals surface area (Å²) in [6, 6.07) is 8.06. The first-order valence-corrected chi connectivity index (χ1v) is 14.0. The molecule has 0 N–H and O–H groups in total. The number of halogens is 10. The molecule has 5 rings (SSSR count). The molecule has 1 saturated carbocycles. The van der Waals surface area contributed by atoms with Gasteiger partial charge in [-0.15, -0.1) is 0 Å². The molecular formula is C33H26F10O. The second-order valence-electron chi connectivity index (χ2n) is 11.1. The van der Waals surface area contributed by atoms with E-state index in [2.05, 4.69) is 11.7 Å². The van der Waals surface area contributed by atoms with Crippen molar-refractivity contribution < 1.29 is 48.6 Å². The van der Waals surface area contributed by atoms with Crippen molar-refractivity contribution in [1.82, 2.24) is 0 Å². The molecule has 4 aromatic carbocycles. The third kappa shape index (κ3) is 6.10. The largest absolute Gasteiger partial charge is 0.429 e. The Balaban J connectivity index is 1.39. The fourth-order valence-electron chi connectivity index (χ4n) is 6.02. The highest BCUT2D eigenvalue weighted by molar-refractivity contribution is 5.85. The first kappa shape index (κ1) is 31.7. The van der Waals surface area contributed by atoms with Crippen LogP contribution in [0.3, 0.4) is 0 Å². The molecule has 234 valence electrons. The van der Waals surface area contributed by atoms with Gasteiger partial charge in [-0.1, -0.05) is 44.0 Å². The SMILES string of the molecule is CCCC1CCC(c2ccc3cc(C(F)(F)Oc4ccc(-c5cc(F)c(C(F)(F)F)c(F)c5)cc4)c(F)c(F)c3c2F)CC1. The predicted molar refractivity (Wildman–Crippen MR) is 145 cm³/mol. The second-order valence-corrected chi connectivity index (χ2v) is 11.1. The zero-order valence-electron chi connectivity index (χ0n) is 23.3. The highest BCUT2D eigenvalue weighted by Crippen LogP contribution is 2.43. The normalized spacial score (nSPS) is 17.7. The summed E-state index contributed by atoms with van der Waals surface area (Å²) in [5.74, 6) is -8.72. The molecule has 1 fully saturated rings. The van der Waals surface area contributed by atoms with Gasteiger partial charge >= 0.3 is 12.3 Å². The minimum Gasteiger partial charge on any atom is -0.429 e. The summed E-state index contributed by atoms with van der Waals surface area (Å²) < 4.78 is 147. The van der Waals surface area contributed by atoms with E-state index < -0.39 is 63.6 Å². The molecule has 0 heterocycles. The summed E-state index contributed by atoms with van der Waals surface area (Å²) in [7, 11) is 0. The maximum Gasteiger partial charge on any atom is 0.429 e. The van der Waals surface area contributed by atoms with Crippen LogP contribution < -0.4 is 4.74 Å². The first-order valence-electron chi connectivity index (χ1n) is 14.0. The summed E-state index contributed by atoms with van der Waals surface area (Å²) in [5.41, 5.74) is -3.69. The molecule has 0 saturated heterocycles. The van der Waals surface area contributed by atoms with Gasteiger partial charge < -0.3 is 4.74 Å². The molecule has 4 aromatic rings. The quantitative estimate of drug-likeness (QED) is 0.185. The average molecular weight is 629 g/mol. The number of ether oxygens (including phenoxy) is 1. The van der Waals surface area contributed by atoms with E-state index in [9.17, 15) is 22.0 Å². The van der Waals surface area contributed by atoms with Crippen molar-refractivity contribution in [2.24, 2.45) is 5.92 Å². The van der Waals surface area contributed by atoms with E-state index in [1.165, 1.54) is 12.1 Å². The lowest BCUT2D eigenvalue weighted by Crippen LogP contribution is -2.24. The van der Waals surface area contributed by atoms with Crippen LogP contribution in [0.1, 0.15) is 68.1 Å². The van der Waals surface area contributed by atoms with Crippen molar-refractivity contribution in [2.75, 3.05) is 0 Å². The zero-order chi connectivity index (χ0) is 32.0. The molecule has 0 spiro atoms. The smallest absolute Gasteiger partial charge is 0.429 e. The Morgan fingerprint density at radius 2 is 1.32 bits per heavy atom. The number of hydrogen-bond donors (Lipinski definition) is 0. The molecule has 0 radical (unpaired) electrons. The average Bonchev–Trinajstić information content (AvgIpc) is 2.94. The number of fused-ring (bicyclic) bond motifs is 1. The molecule has 44 heavy (non-hydrogen) atoms. The molecule has 1 aliphatic carbocycles. The van der Waals surface area contributed by atoms with Crippen LogP contribution in [0.5, 0.6) is 5.75 Å². The van der Waals surface area contributed by atoms with Gasteiger partial charge in [0.05, 0.1) is 5.39 Å².